The van der Waals surface area contributed by atoms with E-state index in [9.17, 15) is 0 Å². The highest BCUT2D eigenvalue weighted by atomic mass is 32.1. The zero-order valence-corrected chi connectivity index (χ0v) is 10.2. The molecule has 0 aromatic rings. The molecule has 3 nitrogen and oxygen atoms in total. The fraction of sp³-hybridized carbons (Fsp3) is 0.909. The lowest BCUT2D eigenvalue weighted by atomic mass is 10.1. The van der Waals surface area contributed by atoms with Crippen molar-refractivity contribution in [1.82, 2.24) is 10.2 Å². The summed E-state index contributed by atoms with van der Waals surface area (Å²) >= 11 is 5.42. The average Bonchev–Trinajstić information content (AvgIpc) is 2.73. The number of morpholine rings is 1. The molecule has 0 aromatic carbocycles. The Morgan fingerprint density at radius 2 is 2.40 bits per heavy atom. The summed E-state index contributed by atoms with van der Waals surface area (Å²) in [6.45, 7) is 4.92. The third-order valence-corrected chi connectivity index (χ3v) is 3.65. The van der Waals surface area contributed by atoms with Gasteiger partial charge >= 0.3 is 0 Å². The zero-order chi connectivity index (χ0) is 10.7. The summed E-state index contributed by atoms with van der Waals surface area (Å²) in [6.07, 6.45) is 5.27. The van der Waals surface area contributed by atoms with Crippen LogP contribution in [0.3, 0.4) is 0 Å². The van der Waals surface area contributed by atoms with Gasteiger partial charge in [0.15, 0.2) is 5.11 Å². The second-order valence-corrected chi connectivity index (χ2v) is 4.72. The Kier molecular flexibility index (Phi) is 3.81. The van der Waals surface area contributed by atoms with E-state index in [0.717, 1.165) is 31.2 Å². The molecule has 86 valence electrons. The van der Waals surface area contributed by atoms with E-state index >= 15 is 0 Å². The molecule has 1 heterocycles. The fourth-order valence-corrected chi connectivity index (χ4v) is 2.84. The monoisotopic (exact) mass is 228 g/mol. The molecule has 2 aliphatic rings. The molecular formula is C11H20N2OS. The van der Waals surface area contributed by atoms with Gasteiger partial charge in [-0.25, -0.2) is 0 Å². The van der Waals surface area contributed by atoms with Crippen molar-refractivity contribution in [2.75, 3.05) is 19.7 Å². The minimum absolute atomic E-state index is 0.431. The van der Waals surface area contributed by atoms with Crippen molar-refractivity contribution in [3.05, 3.63) is 0 Å². The van der Waals surface area contributed by atoms with E-state index in [1.807, 2.05) is 0 Å². The van der Waals surface area contributed by atoms with Gasteiger partial charge in [-0.2, -0.15) is 0 Å². The number of rotatable bonds is 2. The van der Waals surface area contributed by atoms with Crippen LogP contribution >= 0.6 is 12.2 Å². The Morgan fingerprint density at radius 1 is 1.53 bits per heavy atom. The van der Waals surface area contributed by atoms with E-state index in [4.69, 9.17) is 17.0 Å². The molecule has 1 aliphatic carbocycles. The summed E-state index contributed by atoms with van der Waals surface area (Å²) in [4.78, 5) is 2.34. The molecule has 0 bridgehead atoms. The Balaban J connectivity index is 1.92. The molecule has 15 heavy (non-hydrogen) atoms. The number of nitrogens with one attached hydrogen (secondary N) is 1. The second kappa shape index (κ2) is 5.12. The van der Waals surface area contributed by atoms with Gasteiger partial charge in [0.1, 0.15) is 0 Å². The van der Waals surface area contributed by atoms with E-state index in [0.29, 0.717) is 12.1 Å². The summed E-state index contributed by atoms with van der Waals surface area (Å²) in [7, 11) is 0. The largest absolute Gasteiger partial charge is 0.374 e. The quantitative estimate of drug-likeness (QED) is 0.724. The van der Waals surface area contributed by atoms with Gasteiger partial charge in [-0.1, -0.05) is 6.92 Å². The van der Waals surface area contributed by atoms with Gasteiger partial charge in [-0.15, -0.1) is 0 Å². The topological polar surface area (TPSA) is 24.5 Å². The minimum atomic E-state index is 0.431. The first-order valence-electron chi connectivity index (χ1n) is 5.99. The van der Waals surface area contributed by atoms with Crippen LogP contribution in [0.15, 0.2) is 0 Å². The van der Waals surface area contributed by atoms with Crippen LogP contribution < -0.4 is 5.32 Å². The van der Waals surface area contributed by atoms with E-state index < -0.39 is 0 Å². The predicted octanol–water partition coefficient (Wildman–Crippen LogP) is 1.52. The van der Waals surface area contributed by atoms with Gasteiger partial charge in [0.25, 0.3) is 0 Å². The van der Waals surface area contributed by atoms with E-state index in [-0.39, 0.29) is 0 Å². The van der Waals surface area contributed by atoms with Gasteiger partial charge < -0.3 is 15.0 Å². The number of ether oxygens (including phenoxy) is 1. The van der Waals surface area contributed by atoms with Crippen molar-refractivity contribution in [2.24, 2.45) is 0 Å². The predicted molar refractivity (Wildman–Crippen MR) is 65.0 cm³/mol. The van der Waals surface area contributed by atoms with Crippen molar-refractivity contribution in [1.29, 1.82) is 0 Å². The number of hydrogen-bond donors (Lipinski definition) is 1. The third kappa shape index (κ3) is 2.42. The molecule has 0 radical (unpaired) electrons. The first-order valence-corrected chi connectivity index (χ1v) is 6.40. The third-order valence-electron chi connectivity index (χ3n) is 3.27. The van der Waals surface area contributed by atoms with Gasteiger partial charge in [0.2, 0.25) is 0 Å². The Hall–Kier alpha value is -0.350. The SMILES string of the molecule is CCCNC(=S)N1CCOC2CCCC21. The van der Waals surface area contributed by atoms with Crippen LogP contribution in [-0.2, 0) is 4.74 Å². The Labute approximate surface area is 97.2 Å². The van der Waals surface area contributed by atoms with Gasteiger partial charge in [-0.3, -0.25) is 0 Å². The number of thiocarbonyl (C=S) groups is 1. The fourth-order valence-electron chi connectivity index (χ4n) is 2.51. The maximum atomic E-state index is 5.76. The number of nitrogens with zero attached hydrogens (tertiary/aromatic N) is 1. The Morgan fingerprint density at radius 3 is 3.20 bits per heavy atom. The highest BCUT2D eigenvalue weighted by molar-refractivity contribution is 7.80. The van der Waals surface area contributed by atoms with Crippen molar-refractivity contribution < 1.29 is 4.74 Å². The highest BCUT2D eigenvalue weighted by Crippen LogP contribution is 2.29. The lowest BCUT2D eigenvalue weighted by Crippen LogP contribution is -2.54. The number of hydrogen-bond acceptors (Lipinski definition) is 2. The van der Waals surface area contributed by atoms with Crippen LogP contribution in [0.4, 0.5) is 0 Å². The van der Waals surface area contributed by atoms with Gasteiger partial charge in [0, 0.05) is 13.1 Å². The summed E-state index contributed by atoms with van der Waals surface area (Å²) in [5.41, 5.74) is 0. The molecular weight excluding hydrogens is 208 g/mol. The molecule has 1 aliphatic heterocycles. The first-order chi connectivity index (χ1) is 7.33. The van der Waals surface area contributed by atoms with E-state index in [2.05, 4.69) is 17.1 Å². The molecule has 0 spiro atoms. The molecule has 2 fully saturated rings. The van der Waals surface area contributed by atoms with Crippen molar-refractivity contribution >= 4 is 17.3 Å². The van der Waals surface area contributed by atoms with Crippen LogP contribution in [0.25, 0.3) is 0 Å². The second-order valence-electron chi connectivity index (χ2n) is 4.33. The van der Waals surface area contributed by atoms with Gasteiger partial charge in [-0.05, 0) is 37.9 Å². The maximum absolute atomic E-state index is 5.76. The highest BCUT2D eigenvalue weighted by Gasteiger charge is 2.36. The molecule has 2 atom stereocenters. The molecule has 4 heteroatoms. The van der Waals surface area contributed by atoms with Crippen LogP contribution in [0.5, 0.6) is 0 Å². The maximum Gasteiger partial charge on any atom is 0.169 e. The molecule has 2 unspecified atom stereocenters. The number of fused-ring (bicyclic) bond motifs is 1. The summed E-state index contributed by atoms with van der Waals surface area (Å²) < 4.78 is 5.76. The molecule has 1 saturated heterocycles. The lowest BCUT2D eigenvalue weighted by molar-refractivity contribution is -0.0295. The molecule has 0 aromatic heterocycles. The van der Waals surface area contributed by atoms with Crippen LogP contribution in [-0.4, -0.2) is 41.9 Å². The van der Waals surface area contributed by atoms with E-state index in [1.54, 1.807) is 0 Å². The van der Waals surface area contributed by atoms with Crippen molar-refractivity contribution in [3.8, 4) is 0 Å². The smallest absolute Gasteiger partial charge is 0.169 e. The Bertz CT molecular complexity index is 235. The molecule has 1 saturated carbocycles. The molecule has 0 amide bonds. The zero-order valence-electron chi connectivity index (χ0n) is 9.37. The van der Waals surface area contributed by atoms with Crippen molar-refractivity contribution in [3.63, 3.8) is 0 Å². The van der Waals surface area contributed by atoms with Crippen molar-refractivity contribution in [2.45, 2.75) is 44.8 Å². The van der Waals surface area contributed by atoms with Crippen LogP contribution in [0, 0.1) is 0 Å². The minimum Gasteiger partial charge on any atom is -0.374 e. The average molecular weight is 228 g/mol. The first kappa shape index (κ1) is 11.1. The van der Waals surface area contributed by atoms with E-state index in [1.165, 1.54) is 19.3 Å². The molecule has 2 rings (SSSR count). The summed E-state index contributed by atoms with van der Waals surface area (Å²) in [5, 5.41) is 4.24. The normalized spacial score (nSPS) is 30.1. The van der Waals surface area contributed by atoms with Crippen LogP contribution in [0.2, 0.25) is 0 Å². The molecule has 1 N–H and O–H groups in total. The summed E-state index contributed by atoms with van der Waals surface area (Å²) in [6, 6.07) is 0.538. The summed E-state index contributed by atoms with van der Waals surface area (Å²) in [5.74, 6) is 0. The van der Waals surface area contributed by atoms with Gasteiger partial charge in [0.05, 0.1) is 18.8 Å². The lowest BCUT2D eigenvalue weighted by Gasteiger charge is -2.39. The standard InChI is InChI=1S/C11H20N2OS/c1-2-6-12-11(15)13-7-8-14-10-5-3-4-9(10)13/h9-10H,2-8H2,1H3,(H,12,15). The van der Waals surface area contributed by atoms with Crippen LogP contribution in [0.1, 0.15) is 32.6 Å².